The molecule has 0 saturated carbocycles. The molecule has 0 aliphatic heterocycles. The minimum absolute atomic E-state index is 0.0824. The predicted octanol–water partition coefficient (Wildman–Crippen LogP) is 4.30. The predicted molar refractivity (Wildman–Crippen MR) is 112 cm³/mol. The lowest BCUT2D eigenvalue weighted by Gasteiger charge is -2.20. The van der Waals surface area contributed by atoms with Crippen LogP contribution in [0, 0.1) is 10.1 Å². The smallest absolute Gasteiger partial charge is 0.318 e. The van der Waals surface area contributed by atoms with Crippen molar-refractivity contribution in [3.05, 3.63) is 106 Å². The molecule has 1 amide bonds. The van der Waals surface area contributed by atoms with E-state index in [1.807, 2.05) is 60.7 Å². The minimum Gasteiger partial charge on any atom is -0.452 e. The number of nitrogens with one attached hydrogen (secondary N) is 1. The molecular formula is C23H20N2O5. The van der Waals surface area contributed by atoms with Crippen molar-refractivity contribution in [2.45, 2.75) is 18.9 Å². The molecule has 3 aromatic carbocycles. The summed E-state index contributed by atoms with van der Waals surface area (Å²) in [7, 11) is 0. The van der Waals surface area contributed by atoms with Gasteiger partial charge in [0, 0.05) is 17.8 Å². The maximum absolute atomic E-state index is 13.0. The Morgan fingerprint density at radius 3 is 1.83 bits per heavy atom. The molecule has 7 nitrogen and oxygen atoms in total. The van der Waals surface area contributed by atoms with Gasteiger partial charge in [0.1, 0.15) is 5.92 Å². The van der Waals surface area contributed by atoms with E-state index in [0.29, 0.717) is 5.69 Å². The molecule has 0 aliphatic rings. The van der Waals surface area contributed by atoms with Gasteiger partial charge in [-0.3, -0.25) is 19.7 Å². The fourth-order valence-corrected chi connectivity index (χ4v) is 2.96. The quantitative estimate of drug-likeness (QED) is 0.360. The van der Waals surface area contributed by atoms with Crippen LogP contribution in [0.5, 0.6) is 0 Å². The van der Waals surface area contributed by atoms with Crippen molar-refractivity contribution >= 4 is 23.3 Å². The monoisotopic (exact) mass is 404 g/mol. The van der Waals surface area contributed by atoms with Crippen molar-refractivity contribution in [3.8, 4) is 0 Å². The van der Waals surface area contributed by atoms with Crippen LogP contribution in [0.4, 0.5) is 11.4 Å². The summed E-state index contributed by atoms with van der Waals surface area (Å²) in [6.07, 6.45) is -1.05. The van der Waals surface area contributed by atoms with Gasteiger partial charge in [-0.25, -0.2) is 0 Å². The number of benzene rings is 3. The number of carbonyl (C=O) groups excluding carboxylic acids is 2. The Balaban J connectivity index is 1.71. The summed E-state index contributed by atoms with van der Waals surface area (Å²) in [6.45, 7) is 1.48. The van der Waals surface area contributed by atoms with Crippen LogP contribution in [0.2, 0.25) is 0 Å². The maximum Gasteiger partial charge on any atom is 0.318 e. The Kier molecular flexibility index (Phi) is 6.54. The molecule has 30 heavy (non-hydrogen) atoms. The van der Waals surface area contributed by atoms with E-state index in [1.165, 1.54) is 31.2 Å². The molecule has 0 heterocycles. The molecule has 7 heteroatoms. The summed E-state index contributed by atoms with van der Waals surface area (Å²) >= 11 is 0. The van der Waals surface area contributed by atoms with Crippen molar-refractivity contribution in [1.82, 2.24) is 0 Å². The number of nitro benzene ring substituents is 1. The maximum atomic E-state index is 13.0. The number of rotatable bonds is 7. The number of esters is 1. The fraction of sp³-hybridized carbons (Fsp3) is 0.130. The second-order valence-electron chi connectivity index (χ2n) is 6.63. The Labute approximate surface area is 173 Å². The van der Waals surface area contributed by atoms with Gasteiger partial charge in [-0.1, -0.05) is 60.7 Å². The lowest BCUT2D eigenvalue weighted by atomic mass is 9.91. The lowest BCUT2D eigenvalue weighted by Crippen LogP contribution is -2.32. The van der Waals surface area contributed by atoms with Crippen LogP contribution < -0.4 is 5.32 Å². The van der Waals surface area contributed by atoms with E-state index in [9.17, 15) is 19.7 Å². The topological polar surface area (TPSA) is 98.5 Å². The van der Waals surface area contributed by atoms with Crippen LogP contribution in [-0.2, 0) is 14.3 Å². The summed E-state index contributed by atoms with van der Waals surface area (Å²) in [5.41, 5.74) is 1.81. The van der Waals surface area contributed by atoms with E-state index in [2.05, 4.69) is 5.32 Å². The van der Waals surface area contributed by atoms with Crippen LogP contribution in [0.3, 0.4) is 0 Å². The van der Waals surface area contributed by atoms with Crippen molar-refractivity contribution in [1.29, 1.82) is 0 Å². The number of hydrogen-bond donors (Lipinski definition) is 1. The summed E-state index contributed by atoms with van der Waals surface area (Å²) in [5, 5.41) is 13.3. The third-order valence-electron chi connectivity index (χ3n) is 4.51. The zero-order chi connectivity index (χ0) is 21.5. The number of anilines is 1. The van der Waals surface area contributed by atoms with E-state index in [4.69, 9.17) is 4.74 Å². The van der Waals surface area contributed by atoms with Gasteiger partial charge in [-0.2, -0.15) is 0 Å². The summed E-state index contributed by atoms with van der Waals surface area (Å²) in [4.78, 5) is 35.6. The Hall–Kier alpha value is -4.00. The standard InChI is InChI=1S/C23H20N2O5/c1-16(22(26)24-19-12-14-20(15-13-19)25(28)29)30-23(27)21(17-8-4-2-5-9-17)18-10-6-3-7-11-18/h2-16,21H,1H3,(H,24,26). The normalized spacial score (nSPS) is 11.5. The Bertz CT molecular complexity index is 981. The molecule has 1 unspecified atom stereocenters. The van der Waals surface area contributed by atoms with E-state index >= 15 is 0 Å². The Morgan fingerprint density at radius 2 is 1.37 bits per heavy atom. The molecule has 0 radical (unpaired) electrons. The second-order valence-corrected chi connectivity index (χ2v) is 6.63. The second kappa shape index (κ2) is 9.47. The number of nitrogens with zero attached hydrogens (tertiary/aromatic N) is 1. The summed E-state index contributed by atoms with van der Waals surface area (Å²) in [5.74, 6) is -1.74. The van der Waals surface area contributed by atoms with Gasteiger partial charge in [-0.05, 0) is 30.2 Å². The van der Waals surface area contributed by atoms with E-state index in [1.54, 1.807) is 0 Å². The first kappa shape index (κ1) is 20.7. The molecular weight excluding hydrogens is 384 g/mol. The number of non-ortho nitro benzene ring substituents is 1. The van der Waals surface area contributed by atoms with Gasteiger partial charge in [0.05, 0.1) is 4.92 Å². The number of amides is 1. The highest BCUT2D eigenvalue weighted by Gasteiger charge is 2.27. The van der Waals surface area contributed by atoms with E-state index in [0.717, 1.165) is 11.1 Å². The van der Waals surface area contributed by atoms with Gasteiger partial charge in [0.25, 0.3) is 11.6 Å². The minimum atomic E-state index is -1.05. The van der Waals surface area contributed by atoms with Crippen molar-refractivity contribution < 1.29 is 19.2 Å². The van der Waals surface area contributed by atoms with Crippen LogP contribution in [0.1, 0.15) is 24.0 Å². The molecule has 3 aromatic rings. The molecule has 0 fully saturated rings. The van der Waals surface area contributed by atoms with Crippen molar-refractivity contribution in [2.75, 3.05) is 5.32 Å². The largest absolute Gasteiger partial charge is 0.452 e. The van der Waals surface area contributed by atoms with Crippen LogP contribution in [0.25, 0.3) is 0 Å². The first-order valence-electron chi connectivity index (χ1n) is 9.31. The fourth-order valence-electron chi connectivity index (χ4n) is 2.96. The Morgan fingerprint density at radius 1 is 0.867 bits per heavy atom. The molecule has 152 valence electrons. The highest BCUT2D eigenvalue weighted by atomic mass is 16.6. The third kappa shape index (κ3) is 5.08. The molecule has 0 aromatic heterocycles. The molecule has 0 aliphatic carbocycles. The first-order valence-corrected chi connectivity index (χ1v) is 9.31. The van der Waals surface area contributed by atoms with E-state index in [-0.39, 0.29) is 5.69 Å². The zero-order valence-electron chi connectivity index (χ0n) is 16.2. The van der Waals surface area contributed by atoms with Crippen LogP contribution >= 0.6 is 0 Å². The molecule has 1 N–H and O–H groups in total. The number of nitro groups is 1. The van der Waals surface area contributed by atoms with E-state index < -0.39 is 28.8 Å². The molecule has 0 bridgehead atoms. The van der Waals surface area contributed by atoms with Gasteiger partial charge in [0.15, 0.2) is 6.10 Å². The summed E-state index contributed by atoms with van der Waals surface area (Å²) < 4.78 is 5.46. The first-order chi connectivity index (χ1) is 14.5. The highest BCUT2D eigenvalue weighted by molar-refractivity contribution is 5.95. The van der Waals surface area contributed by atoms with Gasteiger partial charge in [-0.15, -0.1) is 0 Å². The SMILES string of the molecule is CC(OC(=O)C(c1ccccc1)c1ccccc1)C(=O)Nc1ccc([N+](=O)[O-])cc1. The number of hydrogen-bond acceptors (Lipinski definition) is 5. The van der Waals surface area contributed by atoms with Crippen LogP contribution in [0.15, 0.2) is 84.9 Å². The molecule has 3 rings (SSSR count). The summed E-state index contributed by atoms with van der Waals surface area (Å²) in [6, 6.07) is 23.8. The average molecular weight is 404 g/mol. The van der Waals surface area contributed by atoms with Gasteiger partial charge in [0.2, 0.25) is 0 Å². The highest BCUT2D eigenvalue weighted by Crippen LogP contribution is 2.26. The average Bonchev–Trinajstić information content (AvgIpc) is 2.75. The lowest BCUT2D eigenvalue weighted by molar-refractivity contribution is -0.384. The van der Waals surface area contributed by atoms with Crippen molar-refractivity contribution in [3.63, 3.8) is 0 Å². The van der Waals surface area contributed by atoms with Crippen molar-refractivity contribution in [2.24, 2.45) is 0 Å². The molecule has 1 atom stereocenters. The van der Waals surface area contributed by atoms with Crippen LogP contribution in [-0.4, -0.2) is 22.9 Å². The number of carbonyl (C=O) groups is 2. The number of ether oxygens (including phenoxy) is 1. The molecule has 0 saturated heterocycles. The van der Waals surface area contributed by atoms with Gasteiger partial charge >= 0.3 is 5.97 Å². The molecule has 0 spiro atoms. The zero-order valence-corrected chi connectivity index (χ0v) is 16.2. The third-order valence-corrected chi connectivity index (χ3v) is 4.51. The van der Waals surface area contributed by atoms with Gasteiger partial charge < -0.3 is 10.1 Å².